The molecule has 5 rings (SSSR count). The molecule has 3 aromatic rings. The summed E-state index contributed by atoms with van der Waals surface area (Å²) < 4.78 is 27.2. The molecule has 1 saturated heterocycles. The summed E-state index contributed by atoms with van der Waals surface area (Å²) in [6, 6.07) is 1.91. The zero-order valence-corrected chi connectivity index (χ0v) is 14.3. The second kappa shape index (κ2) is 5.37. The van der Waals surface area contributed by atoms with Crippen molar-refractivity contribution >= 4 is 37.6 Å². The summed E-state index contributed by atoms with van der Waals surface area (Å²) in [5, 5.41) is 11.2. The average molecular weight is 358 g/mol. The van der Waals surface area contributed by atoms with Crippen molar-refractivity contribution in [1.29, 1.82) is 0 Å². The smallest absolute Gasteiger partial charge is 0.214 e. The zero-order chi connectivity index (χ0) is 17.0. The molecule has 0 spiro atoms. The fourth-order valence-corrected chi connectivity index (χ4v) is 5.15. The Hall–Kier alpha value is -2.26. The minimum atomic E-state index is -3.17. The van der Waals surface area contributed by atoms with Crippen molar-refractivity contribution in [2.45, 2.75) is 30.6 Å². The Morgan fingerprint density at radius 1 is 1.24 bits per heavy atom. The van der Waals surface area contributed by atoms with Crippen molar-refractivity contribution in [3.63, 3.8) is 0 Å². The molecule has 2 N–H and O–H groups in total. The predicted octanol–water partition coefficient (Wildman–Crippen LogP) is 1.17. The summed E-state index contributed by atoms with van der Waals surface area (Å²) >= 11 is 0. The SMILES string of the molecule is O=S(=O)(NC1CCN(c2nncc3cnc4[nH]ccc4c23)C1)C1CC1. The van der Waals surface area contributed by atoms with Gasteiger partial charge >= 0.3 is 0 Å². The van der Waals surface area contributed by atoms with E-state index in [1.165, 1.54) is 0 Å². The van der Waals surface area contributed by atoms with Gasteiger partial charge in [-0.05, 0) is 25.3 Å². The molecule has 0 radical (unpaired) electrons. The van der Waals surface area contributed by atoms with E-state index in [0.29, 0.717) is 6.54 Å². The highest BCUT2D eigenvalue weighted by Gasteiger charge is 2.38. The van der Waals surface area contributed by atoms with Crippen molar-refractivity contribution in [1.82, 2.24) is 24.9 Å². The summed E-state index contributed by atoms with van der Waals surface area (Å²) in [5.41, 5.74) is 0.812. The van der Waals surface area contributed by atoms with Crippen molar-refractivity contribution in [3.05, 3.63) is 24.7 Å². The van der Waals surface area contributed by atoms with Gasteiger partial charge in [-0.25, -0.2) is 18.1 Å². The van der Waals surface area contributed by atoms with Crippen LogP contribution >= 0.6 is 0 Å². The first kappa shape index (κ1) is 15.0. The molecule has 1 atom stereocenters. The third kappa shape index (κ3) is 2.54. The summed E-state index contributed by atoms with van der Waals surface area (Å²) in [7, 11) is -3.17. The van der Waals surface area contributed by atoms with Gasteiger partial charge in [0.1, 0.15) is 5.65 Å². The standard InChI is InChI=1S/C16H18N6O2S/c23-25(24,12-1-2-12)21-11-4-6-22(9-11)16-14-10(8-19-20-16)7-18-15-13(14)3-5-17-15/h3,5,7-8,11-12,21H,1-2,4,6,9H2,(H,17,18). The maximum atomic E-state index is 12.2. The van der Waals surface area contributed by atoms with Gasteiger partial charge in [-0.2, -0.15) is 5.10 Å². The van der Waals surface area contributed by atoms with Crippen LogP contribution in [0.2, 0.25) is 0 Å². The number of hydrogen-bond donors (Lipinski definition) is 2. The van der Waals surface area contributed by atoms with E-state index in [2.05, 4.69) is 29.8 Å². The van der Waals surface area contributed by atoms with E-state index in [0.717, 1.165) is 53.4 Å². The van der Waals surface area contributed by atoms with Gasteiger partial charge < -0.3 is 9.88 Å². The number of nitrogens with one attached hydrogen (secondary N) is 2. The third-order valence-electron chi connectivity index (χ3n) is 4.97. The van der Waals surface area contributed by atoms with Crippen LogP contribution in [0.1, 0.15) is 19.3 Å². The Kier molecular flexibility index (Phi) is 3.23. The van der Waals surface area contributed by atoms with E-state index in [1.54, 1.807) is 12.4 Å². The van der Waals surface area contributed by atoms with Crippen LogP contribution in [0.25, 0.3) is 21.8 Å². The van der Waals surface area contributed by atoms with E-state index in [-0.39, 0.29) is 11.3 Å². The van der Waals surface area contributed by atoms with Crippen LogP contribution in [-0.2, 0) is 10.0 Å². The number of fused-ring (bicyclic) bond motifs is 3. The first-order valence-corrected chi connectivity index (χ1v) is 10.00. The molecule has 9 heteroatoms. The highest BCUT2D eigenvalue weighted by molar-refractivity contribution is 7.90. The van der Waals surface area contributed by atoms with Crippen LogP contribution < -0.4 is 9.62 Å². The van der Waals surface area contributed by atoms with E-state index >= 15 is 0 Å². The highest BCUT2D eigenvalue weighted by atomic mass is 32.2. The lowest BCUT2D eigenvalue weighted by Gasteiger charge is -2.19. The highest BCUT2D eigenvalue weighted by Crippen LogP contribution is 2.32. The maximum Gasteiger partial charge on any atom is 0.214 e. The molecule has 4 heterocycles. The van der Waals surface area contributed by atoms with Crippen molar-refractivity contribution in [2.75, 3.05) is 18.0 Å². The number of rotatable bonds is 4. The fourth-order valence-electron chi connectivity index (χ4n) is 3.54. The number of sulfonamides is 1. The Morgan fingerprint density at radius 2 is 2.12 bits per heavy atom. The van der Waals surface area contributed by atoms with Crippen LogP contribution in [0.3, 0.4) is 0 Å². The molecule has 25 heavy (non-hydrogen) atoms. The topological polar surface area (TPSA) is 104 Å². The first-order chi connectivity index (χ1) is 12.1. The van der Waals surface area contributed by atoms with E-state index in [4.69, 9.17) is 0 Å². The number of H-pyrrole nitrogens is 1. The lowest BCUT2D eigenvalue weighted by molar-refractivity contribution is 0.560. The molecule has 130 valence electrons. The molecule has 8 nitrogen and oxygen atoms in total. The van der Waals surface area contributed by atoms with Gasteiger partial charge in [0.05, 0.1) is 11.4 Å². The molecule has 1 unspecified atom stereocenters. The summed E-state index contributed by atoms with van der Waals surface area (Å²) in [5.74, 6) is 0.789. The number of aromatic amines is 1. The van der Waals surface area contributed by atoms with Crippen LogP contribution in [0.5, 0.6) is 0 Å². The maximum absolute atomic E-state index is 12.2. The third-order valence-corrected chi connectivity index (χ3v) is 6.98. The van der Waals surface area contributed by atoms with Crippen LogP contribution in [0.15, 0.2) is 24.7 Å². The molecule has 0 bridgehead atoms. The molecule has 1 aliphatic heterocycles. The second-order valence-electron chi connectivity index (χ2n) is 6.79. The molecule has 2 fully saturated rings. The van der Waals surface area contributed by atoms with E-state index < -0.39 is 10.0 Å². The number of pyridine rings is 1. The molecule has 0 aromatic carbocycles. The lowest BCUT2D eigenvalue weighted by Crippen LogP contribution is -2.39. The molecule has 0 amide bonds. The van der Waals surface area contributed by atoms with Gasteiger partial charge in [0, 0.05) is 47.7 Å². The molecule has 1 saturated carbocycles. The number of anilines is 1. The number of hydrogen-bond acceptors (Lipinski definition) is 6. The van der Waals surface area contributed by atoms with Gasteiger partial charge in [-0.1, -0.05) is 0 Å². The normalized spacial score (nSPS) is 21.4. The van der Waals surface area contributed by atoms with Crippen molar-refractivity contribution < 1.29 is 8.42 Å². The Balaban J connectivity index is 1.48. The van der Waals surface area contributed by atoms with E-state index in [1.807, 2.05) is 12.3 Å². The zero-order valence-electron chi connectivity index (χ0n) is 13.5. The summed E-state index contributed by atoms with van der Waals surface area (Å²) in [4.78, 5) is 9.63. The van der Waals surface area contributed by atoms with Gasteiger partial charge in [-0.15, -0.1) is 5.10 Å². The molecular weight excluding hydrogens is 340 g/mol. The Bertz CT molecular complexity index is 1060. The summed E-state index contributed by atoms with van der Waals surface area (Å²) in [6.07, 6.45) is 7.68. The Labute approximate surface area is 144 Å². The fraction of sp³-hybridized carbons (Fsp3) is 0.438. The van der Waals surface area contributed by atoms with Crippen LogP contribution in [0.4, 0.5) is 5.82 Å². The Morgan fingerprint density at radius 3 is 2.96 bits per heavy atom. The molecule has 2 aliphatic rings. The average Bonchev–Trinajstić information content (AvgIpc) is 3.20. The van der Waals surface area contributed by atoms with Gasteiger partial charge in [0.25, 0.3) is 0 Å². The summed E-state index contributed by atoms with van der Waals surface area (Å²) in [6.45, 7) is 1.36. The van der Waals surface area contributed by atoms with Gasteiger partial charge in [0.2, 0.25) is 10.0 Å². The quantitative estimate of drug-likeness (QED) is 0.725. The molecular formula is C16H18N6O2S. The molecule has 1 aliphatic carbocycles. The minimum Gasteiger partial charge on any atom is -0.353 e. The van der Waals surface area contributed by atoms with E-state index in [9.17, 15) is 8.42 Å². The monoisotopic (exact) mass is 358 g/mol. The number of aromatic nitrogens is 4. The number of nitrogens with zero attached hydrogens (tertiary/aromatic N) is 4. The van der Waals surface area contributed by atoms with Gasteiger partial charge in [0.15, 0.2) is 5.82 Å². The van der Waals surface area contributed by atoms with Crippen LogP contribution in [0, 0.1) is 0 Å². The molecule has 3 aromatic heterocycles. The van der Waals surface area contributed by atoms with Crippen LogP contribution in [-0.4, -0.2) is 53.0 Å². The van der Waals surface area contributed by atoms with Gasteiger partial charge in [-0.3, -0.25) is 0 Å². The van der Waals surface area contributed by atoms with Crippen molar-refractivity contribution in [2.24, 2.45) is 0 Å². The predicted molar refractivity (Wildman–Crippen MR) is 94.9 cm³/mol. The second-order valence-corrected chi connectivity index (χ2v) is 8.78. The minimum absolute atomic E-state index is 0.0776. The van der Waals surface area contributed by atoms with Crippen molar-refractivity contribution in [3.8, 4) is 0 Å². The lowest BCUT2D eigenvalue weighted by atomic mass is 10.1. The largest absolute Gasteiger partial charge is 0.353 e. The first-order valence-electron chi connectivity index (χ1n) is 8.45.